The lowest BCUT2D eigenvalue weighted by molar-refractivity contribution is 0.0625. The molecule has 0 bridgehead atoms. The number of methoxy groups -OCH3 is 1. The van der Waals surface area contributed by atoms with E-state index in [0.29, 0.717) is 48.8 Å². The normalized spacial score (nSPS) is 14.4. The highest BCUT2D eigenvalue weighted by Gasteiger charge is 2.26. The number of para-hydroxylation sites is 1. The summed E-state index contributed by atoms with van der Waals surface area (Å²) in [7, 11) is -2.48. The van der Waals surface area contributed by atoms with Crippen LogP contribution in [0.2, 0.25) is 5.02 Å². The molecule has 0 spiro atoms. The first kappa shape index (κ1) is 25.9. The molecule has 1 amide bonds. The first-order valence-electron chi connectivity index (χ1n) is 12.0. The predicted molar refractivity (Wildman–Crippen MR) is 146 cm³/mol. The molecule has 11 heteroatoms. The van der Waals surface area contributed by atoms with Gasteiger partial charge in [0.05, 0.1) is 28.9 Å². The molecule has 0 atom stereocenters. The molecular weight excluding hydrogens is 526 g/mol. The number of piperazine rings is 1. The van der Waals surface area contributed by atoms with Gasteiger partial charge in [0.1, 0.15) is 10.6 Å². The third-order valence-corrected chi connectivity index (χ3v) is 8.23. The quantitative estimate of drug-likeness (QED) is 0.369. The number of pyridine rings is 2. The number of carbonyl (C=O) groups excluding carboxylic acids is 1. The first-order valence-corrected chi connectivity index (χ1v) is 13.9. The molecule has 3 heterocycles. The molecule has 196 valence electrons. The summed E-state index contributed by atoms with van der Waals surface area (Å²) in [5, 5.41) is 1.35. The Kier molecular flexibility index (Phi) is 7.46. The highest BCUT2D eigenvalue weighted by molar-refractivity contribution is 7.93. The van der Waals surface area contributed by atoms with E-state index in [1.165, 1.54) is 19.2 Å². The minimum atomic E-state index is -3.94. The van der Waals surface area contributed by atoms with Gasteiger partial charge < -0.3 is 9.64 Å². The molecule has 5 rings (SSSR count). The van der Waals surface area contributed by atoms with Crippen LogP contribution in [0.4, 0.5) is 5.69 Å². The highest BCUT2D eigenvalue weighted by atomic mass is 35.5. The number of hydrogen-bond acceptors (Lipinski definition) is 7. The van der Waals surface area contributed by atoms with Crippen molar-refractivity contribution >= 4 is 44.1 Å². The fourth-order valence-electron chi connectivity index (χ4n) is 4.49. The van der Waals surface area contributed by atoms with E-state index in [-0.39, 0.29) is 22.2 Å². The summed E-state index contributed by atoms with van der Waals surface area (Å²) < 4.78 is 34.4. The van der Waals surface area contributed by atoms with Crippen molar-refractivity contribution in [1.29, 1.82) is 0 Å². The van der Waals surface area contributed by atoms with Crippen LogP contribution in [-0.2, 0) is 16.6 Å². The van der Waals surface area contributed by atoms with E-state index in [1.54, 1.807) is 59.9 Å². The number of carbonyl (C=O) groups is 1. The first-order chi connectivity index (χ1) is 18.4. The van der Waals surface area contributed by atoms with Gasteiger partial charge >= 0.3 is 0 Å². The van der Waals surface area contributed by atoms with Gasteiger partial charge in [0, 0.05) is 62.8 Å². The molecular formula is C27H26ClN5O4S. The van der Waals surface area contributed by atoms with Crippen molar-refractivity contribution in [3.8, 4) is 5.75 Å². The summed E-state index contributed by atoms with van der Waals surface area (Å²) in [6.07, 6.45) is 4.90. The van der Waals surface area contributed by atoms with E-state index in [9.17, 15) is 13.2 Å². The van der Waals surface area contributed by atoms with Crippen LogP contribution in [0.1, 0.15) is 15.9 Å². The monoisotopic (exact) mass is 551 g/mol. The van der Waals surface area contributed by atoms with E-state index in [2.05, 4.69) is 19.6 Å². The second-order valence-electron chi connectivity index (χ2n) is 8.89. The Balaban J connectivity index is 1.29. The van der Waals surface area contributed by atoms with Gasteiger partial charge in [-0.25, -0.2) is 8.42 Å². The maximum absolute atomic E-state index is 13.3. The maximum Gasteiger partial charge on any atom is 0.264 e. The standard InChI is InChI=1S/C27H26ClN5O4S/c1-37-24-16-21(31-38(35,36)25-6-2-4-19-5-3-10-30-26(19)25)7-8-22(24)27(34)33-14-12-32(13-15-33)18-20-9-11-29-17-23(20)28/h2-11,16-17,31H,12-15,18H2,1H3. The molecule has 4 aromatic rings. The summed E-state index contributed by atoms with van der Waals surface area (Å²) >= 11 is 6.24. The Morgan fingerprint density at radius 1 is 1.05 bits per heavy atom. The number of amides is 1. The Morgan fingerprint density at radius 2 is 1.84 bits per heavy atom. The van der Waals surface area contributed by atoms with Gasteiger partial charge in [-0.15, -0.1) is 0 Å². The van der Waals surface area contributed by atoms with Crippen LogP contribution in [0.15, 0.2) is 78.1 Å². The molecule has 2 aromatic carbocycles. The van der Waals surface area contributed by atoms with Crippen LogP contribution in [0.5, 0.6) is 5.75 Å². The van der Waals surface area contributed by atoms with Gasteiger partial charge in [-0.2, -0.15) is 0 Å². The minimum absolute atomic E-state index is 0.0700. The number of sulfonamides is 1. The van der Waals surface area contributed by atoms with Crippen molar-refractivity contribution in [3.63, 3.8) is 0 Å². The molecule has 2 aromatic heterocycles. The average Bonchev–Trinajstić information content (AvgIpc) is 2.93. The largest absolute Gasteiger partial charge is 0.496 e. The van der Waals surface area contributed by atoms with Gasteiger partial charge in [0.15, 0.2) is 0 Å². The molecule has 38 heavy (non-hydrogen) atoms. The number of rotatable bonds is 7. The number of halogens is 1. The lowest BCUT2D eigenvalue weighted by Gasteiger charge is -2.35. The number of nitrogens with zero attached hydrogens (tertiary/aromatic N) is 4. The number of fused-ring (bicyclic) bond motifs is 1. The van der Waals surface area contributed by atoms with Crippen molar-refractivity contribution in [2.45, 2.75) is 11.4 Å². The minimum Gasteiger partial charge on any atom is -0.496 e. The van der Waals surface area contributed by atoms with E-state index < -0.39 is 10.0 Å². The number of anilines is 1. The maximum atomic E-state index is 13.3. The Morgan fingerprint density at radius 3 is 2.61 bits per heavy atom. The van der Waals surface area contributed by atoms with Crippen molar-refractivity contribution in [1.82, 2.24) is 19.8 Å². The summed E-state index contributed by atoms with van der Waals surface area (Å²) in [6, 6.07) is 15.1. The van der Waals surface area contributed by atoms with E-state index >= 15 is 0 Å². The molecule has 0 saturated carbocycles. The van der Waals surface area contributed by atoms with Crippen LogP contribution in [0.3, 0.4) is 0 Å². The number of ether oxygens (including phenoxy) is 1. The molecule has 0 unspecified atom stereocenters. The third kappa shape index (κ3) is 5.42. The second-order valence-corrected chi connectivity index (χ2v) is 10.9. The van der Waals surface area contributed by atoms with Crippen molar-refractivity contribution in [2.24, 2.45) is 0 Å². The number of aromatic nitrogens is 2. The van der Waals surface area contributed by atoms with Gasteiger partial charge in [-0.05, 0) is 35.9 Å². The molecule has 1 fully saturated rings. The zero-order chi connectivity index (χ0) is 26.7. The summed E-state index contributed by atoms with van der Waals surface area (Å²) in [5.41, 5.74) is 2.03. The van der Waals surface area contributed by atoms with E-state index in [0.717, 1.165) is 10.9 Å². The van der Waals surface area contributed by atoms with Crippen molar-refractivity contribution in [3.05, 3.63) is 89.3 Å². The topological polar surface area (TPSA) is 105 Å². The lowest BCUT2D eigenvalue weighted by atomic mass is 10.1. The van der Waals surface area contributed by atoms with Crippen LogP contribution in [-0.4, -0.2) is 67.4 Å². The molecule has 1 aliphatic heterocycles. The van der Waals surface area contributed by atoms with Gasteiger partial charge in [0.25, 0.3) is 15.9 Å². The number of nitrogens with one attached hydrogen (secondary N) is 1. The van der Waals surface area contributed by atoms with Crippen LogP contribution in [0.25, 0.3) is 10.9 Å². The van der Waals surface area contributed by atoms with E-state index in [4.69, 9.17) is 16.3 Å². The summed E-state index contributed by atoms with van der Waals surface area (Å²) in [6.45, 7) is 3.18. The fourth-order valence-corrected chi connectivity index (χ4v) is 5.90. The molecule has 0 radical (unpaired) electrons. The van der Waals surface area contributed by atoms with Crippen LogP contribution < -0.4 is 9.46 Å². The van der Waals surface area contributed by atoms with Crippen LogP contribution >= 0.6 is 11.6 Å². The second kappa shape index (κ2) is 10.9. The van der Waals surface area contributed by atoms with E-state index in [1.807, 2.05) is 6.07 Å². The number of hydrogen-bond donors (Lipinski definition) is 1. The summed E-state index contributed by atoms with van der Waals surface area (Å²) in [5.74, 6) is 0.119. The Labute approximate surface area is 226 Å². The zero-order valence-electron chi connectivity index (χ0n) is 20.7. The Bertz CT molecular complexity index is 1580. The average molecular weight is 552 g/mol. The van der Waals surface area contributed by atoms with Crippen molar-refractivity contribution in [2.75, 3.05) is 38.0 Å². The zero-order valence-corrected chi connectivity index (χ0v) is 22.2. The molecule has 1 N–H and O–H groups in total. The highest BCUT2D eigenvalue weighted by Crippen LogP contribution is 2.28. The van der Waals surface area contributed by atoms with Gasteiger partial charge in [-0.3, -0.25) is 24.4 Å². The third-order valence-electron chi connectivity index (χ3n) is 6.48. The summed E-state index contributed by atoms with van der Waals surface area (Å²) in [4.78, 5) is 25.7. The fraction of sp³-hybridized carbons (Fsp3) is 0.222. The smallest absolute Gasteiger partial charge is 0.264 e. The Hall–Kier alpha value is -3.73. The van der Waals surface area contributed by atoms with Crippen LogP contribution in [0, 0.1) is 0 Å². The molecule has 0 aliphatic carbocycles. The molecule has 9 nitrogen and oxygen atoms in total. The van der Waals surface area contributed by atoms with Crippen molar-refractivity contribution < 1.29 is 17.9 Å². The lowest BCUT2D eigenvalue weighted by Crippen LogP contribution is -2.48. The SMILES string of the molecule is COc1cc(NS(=O)(=O)c2cccc3cccnc23)ccc1C(=O)N1CCN(Cc2ccncc2Cl)CC1. The number of benzene rings is 2. The molecule has 1 saturated heterocycles. The molecule has 1 aliphatic rings. The van der Waals surface area contributed by atoms with Gasteiger partial charge in [0.2, 0.25) is 0 Å². The van der Waals surface area contributed by atoms with Gasteiger partial charge in [-0.1, -0.05) is 29.8 Å². The predicted octanol–water partition coefficient (Wildman–Crippen LogP) is 4.05.